The number of carbonyl (C=O) groups excluding carboxylic acids is 2. The average molecular weight is 478 g/mol. The molecule has 1 saturated heterocycles. The summed E-state index contributed by atoms with van der Waals surface area (Å²) in [6.45, 7) is 6.95. The van der Waals surface area contributed by atoms with Crippen molar-refractivity contribution in [3.63, 3.8) is 0 Å². The number of amides is 2. The van der Waals surface area contributed by atoms with Gasteiger partial charge in [0.1, 0.15) is 5.82 Å². The Morgan fingerprint density at radius 2 is 1.83 bits per heavy atom. The summed E-state index contributed by atoms with van der Waals surface area (Å²) in [6, 6.07) is 13.2. The van der Waals surface area contributed by atoms with Gasteiger partial charge in [0.15, 0.2) is 0 Å². The van der Waals surface area contributed by atoms with Crippen LogP contribution in [-0.2, 0) is 16.1 Å². The summed E-state index contributed by atoms with van der Waals surface area (Å²) < 4.78 is 14.6. The van der Waals surface area contributed by atoms with Gasteiger partial charge >= 0.3 is 0 Å². The van der Waals surface area contributed by atoms with Crippen molar-refractivity contribution in [1.29, 1.82) is 0 Å². The Morgan fingerprint density at radius 3 is 2.54 bits per heavy atom. The molecule has 35 heavy (non-hydrogen) atoms. The number of carbonyl (C=O) groups is 2. The first kappa shape index (κ1) is 24.0. The second-order valence-electron chi connectivity index (χ2n) is 10.7. The first-order valence-electron chi connectivity index (χ1n) is 13.1. The molecule has 2 aliphatic carbocycles. The van der Waals surface area contributed by atoms with Crippen LogP contribution in [0.25, 0.3) is 0 Å². The van der Waals surface area contributed by atoms with Crippen LogP contribution in [0.15, 0.2) is 42.5 Å². The van der Waals surface area contributed by atoms with Crippen molar-refractivity contribution in [3.8, 4) is 0 Å². The van der Waals surface area contributed by atoms with E-state index >= 15 is 0 Å². The molecule has 5 rings (SSSR count). The van der Waals surface area contributed by atoms with Gasteiger partial charge in [0.2, 0.25) is 11.8 Å². The zero-order chi connectivity index (χ0) is 24.5. The summed E-state index contributed by atoms with van der Waals surface area (Å²) in [7, 11) is 0. The summed E-state index contributed by atoms with van der Waals surface area (Å²) in [5, 5.41) is 3.00. The van der Waals surface area contributed by atoms with Crippen LogP contribution < -0.4 is 5.32 Å². The van der Waals surface area contributed by atoms with Crippen LogP contribution in [0.5, 0.6) is 0 Å². The second kappa shape index (κ2) is 10.1. The van der Waals surface area contributed by atoms with Gasteiger partial charge in [0.25, 0.3) is 0 Å². The van der Waals surface area contributed by atoms with Crippen LogP contribution in [0.2, 0.25) is 0 Å². The molecule has 2 aromatic carbocycles. The van der Waals surface area contributed by atoms with E-state index in [0.29, 0.717) is 18.1 Å². The van der Waals surface area contributed by atoms with Crippen molar-refractivity contribution in [2.75, 3.05) is 25.0 Å². The molecule has 2 aromatic rings. The molecule has 5 nitrogen and oxygen atoms in total. The quantitative estimate of drug-likeness (QED) is 0.630. The van der Waals surface area contributed by atoms with Crippen molar-refractivity contribution < 1.29 is 14.0 Å². The topological polar surface area (TPSA) is 52.6 Å². The summed E-state index contributed by atoms with van der Waals surface area (Å²) in [5.41, 5.74) is 3.54. The molecule has 2 saturated carbocycles. The smallest absolute Gasteiger partial charge is 0.228 e. The molecule has 0 aromatic heterocycles. The average Bonchev–Trinajstić information content (AvgIpc) is 3.47. The Kier molecular flexibility index (Phi) is 6.92. The van der Waals surface area contributed by atoms with E-state index in [4.69, 9.17) is 0 Å². The van der Waals surface area contributed by atoms with Crippen LogP contribution in [0.3, 0.4) is 0 Å². The lowest BCUT2D eigenvalue weighted by atomic mass is 10.0. The van der Waals surface area contributed by atoms with Gasteiger partial charge in [-0.3, -0.25) is 14.5 Å². The van der Waals surface area contributed by atoms with Crippen LogP contribution in [0, 0.1) is 24.6 Å². The lowest BCUT2D eigenvalue weighted by Gasteiger charge is -2.41. The maximum absolute atomic E-state index is 14.6. The first-order valence-corrected chi connectivity index (χ1v) is 13.1. The van der Waals surface area contributed by atoms with Gasteiger partial charge in [-0.1, -0.05) is 43.2 Å². The highest BCUT2D eigenvalue weighted by Crippen LogP contribution is 2.48. The minimum Gasteiger partial charge on any atom is -0.337 e. The third kappa shape index (κ3) is 5.27. The largest absolute Gasteiger partial charge is 0.337 e. The molecule has 0 bridgehead atoms. The monoisotopic (exact) mass is 477 g/mol. The molecule has 0 radical (unpaired) electrons. The molecule has 1 heterocycles. The Balaban J connectivity index is 1.21. The van der Waals surface area contributed by atoms with E-state index < -0.39 is 0 Å². The van der Waals surface area contributed by atoms with Crippen molar-refractivity contribution in [2.24, 2.45) is 11.8 Å². The highest BCUT2D eigenvalue weighted by Gasteiger charge is 2.44. The fourth-order valence-corrected chi connectivity index (χ4v) is 5.96. The van der Waals surface area contributed by atoms with E-state index in [1.54, 1.807) is 6.07 Å². The number of nitrogens with one attached hydrogen (secondary N) is 1. The predicted octanol–water partition coefficient (Wildman–Crippen LogP) is 5.10. The molecular weight excluding hydrogens is 441 g/mol. The fraction of sp³-hybridized carbons (Fsp3) is 0.517. The van der Waals surface area contributed by atoms with Gasteiger partial charge in [-0.15, -0.1) is 0 Å². The Hall–Kier alpha value is -2.73. The number of hydrogen-bond acceptors (Lipinski definition) is 3. The molecule has 3 fully saturated rings. The van der Waals surface area contributed by atoms with Crippen molar-refractivity contribution in [1.82, 2.24) is 9.80 Å². The molecule has 1 aliphatic heterocycles. The third-order valence-electron chi connectivity index (χ3n) is 8.19. The van der Waals surface area contributed by atoms with Gasteiger partial charge in [-0.2, -0.15) is 0 Å². The SMILES string of the molecule is Cc1c(CN2CCN(C(=O)C3CCCC3)[C@@H](C)C2)cc(F)cc1NC(=O)C1CC1c1ccccc1. The maximum atomic E-state index is 14.6. The van der Waals surface area contributed by atoms with Gasteiger partial charge < -0.3 is 10.2 Å². The maximum Gasteiger partial charge on any atom is 0.228 e. The molecular formula is C29H36FN3O2. The molecule has 3 aliphatic rings. The van der Waals surface area contributed by atoms with Crippen molar-refractivity contribution in [3.05, 3.63) is 65.0 Å². The van der Waals surface area contributed by atoms with Gasteiger partial charge in [0, 0.05) is 49.7 Å². The molecule has 1 N–H and O–H groups in total. The number of rotatable bonds is 6. The zero-order valence-corrected chi connectivity index (χ0v) is 20.8. The standard InChI is InChI=1S/C29H36FN3O2/c1-19-17-32(12-13-33(19)29(35)22-10-6-7-11-22)18-23-14-24(30)15-27(20(23)2)31-28(34)26-16-25(26)21-8-4-3-5-9-21/h3-5,8-9,14-15,19,22,25-26H,6-7,10-13,16-18H2,1-2H3,(H,31,34)/t19-,25?,26?/m0/s1. The van der Waals surface area contributed by atoms with Crippen LogP contribution in [0.1, 0.15) is 61.6 Å². The van der Waals surface area contributed by atoms with E-state index in [1.165, 1.54) is 11.6 Å². The predicted molar refractivity (Wildman–Crippen MR) is 135 cm³/mol. The number of benzene rings is 2. The number of nitrogens with zero attached hydrogens (tertiary/aromatic N) is 2. The summed E-state index contributed by atoms with van der Waals surface area (Å²) >= 11 is 0. The molecule has 0 spiro atoms. The van der Waals surface area contributed by atoms with E-state index in [9.17, 15) is 14.0 Å². The van der Waals surface area contributed by atoms with Crippen LogP contribution in [0.4, 0.5) is 10.1 Å². The normalized spacial score (nSPS) is 25.0. The Labute approximate surface area is 207 Å². The van der Waals surface area contributed by atoms with E-state index in [1.807, 2.05) is 25.1 Å². The van der Waals surface area contributed by atoms with Crippen molar-refractivity contribution in [2.45, 2.75) is 64.5 Å². The van der Waals surface area contributed by atoms with E-state index in [2.05, 4.69) is 34.2 Å². The van der Waals surface area contributed by atoms with Crippen LogP contribution >= 0.6 is 0 Å². The first-order chi connectivity index (χ1) is 16.9. The molecule has 3 atom stereocenters. The molecule has 2 amide bonds. The van der Waals surface area contributed by atoms with Crippen LogP contribution in [-0.4, -0.2) is 47.3 Å². The molecule has 6 heteroatoms. The lowest BCUT2D eigenvalue weighted by molar-refractivity contribution is -0.140. The van der Waals surface area contributed by atoms with Gasteiger partial charge in [0.05, 0.1) is 0 Å². The molecule has 186 valence electrons. The lowest BCUT2D eigenvalue weighted by Crippen LogP contribution is -2.54. The molecule has 2 unspecified atom stereocenters. The fourth-order valence-electron chi connectivity index (χ4n) is 5.96. The van der Waals surface area contributed by atoms with Gasteiger partial charge in [-0.05, 0) is 67.9 Å². The number of piperazine rings is 1. The Morgan fingerprint density at radius 1 is 1.09 bits per heavy atom. The minimum absolute atomic E-state index is 0.0360. The third-order valence-corrected chi connectivity index (χ3v) is 8.19. The van der Waals surface area contributed by atoms with Gasteiger partial charge in [-0.25, -0.2) is 4.39 Å². The zero-order valence-electron chi connectivity index (χ0n) is 20.8. The summed E-state index contributed by atoms with van der Waals surface area (Å²) in [6.07, 6.45) is 5.20. The van der Waals surface area contributed by atoms with E-state index in [0.717, 1.165) is 62.9 Å². The number of anilines is 1. The minimum atomic E-state index is -0.334. The highest BCUT2D eigenvalue weighted by molar-refractivity contribution is 5.96. The number of halogens is 1. The number of hydrogen-bond donors (Lipinski definition) is 1. The van der Waals surface area contributed by atoms with Crippen molar-refractivity contribution >= 4 is 17.5 Å². The highest BCUT2D eigenvalue weighted by atomic mass is 19.1. The summed E-state index contributed by atoms with van der Waals surface area (Å²) in [4.78, 5) is 30.2. The Bertz CT molecular complexity index is 1080. The van der Waals surface area contributed by atoms with E-state index in [-0.39, 0.29) is 35.5 Å². The summed E-state index contributed by atoms with van der Waals surface area (Å²) in [5.74, 6) is 0.332. The second-order valence-corrected chi connectivity index (χ2v) is 10.7.